The lowest BCUT2D eigenvalue weighted by atomic mass is 9.90. The Balaban J connectivity index is 0.000000602. The minimum atomic E-state index is 1.33. The van der Waals surface area contributed by atoms with Crippen molar-refractivity contribution in [3.8, 4) is 12.8 Å². The second-order valence-corrected chi connectivity index (χ2v) is 5.42. The van der Waals surface area contributed by atoms with E-state index >= 15 is 0 Å². The van der Waals surface area contributed by atoms with Crippen molar-refractivity contribution in [1.29, 1.82) is 0 Å². The van der Waals surface area contributed by atoms with Gasteiger partial charge in [-0.15, -0.1) is 12.8 Å². The number of fused-ring (bicyclic) bond motifs is 2. The van der Waals surface area contributed by atoms with Crippen LogP contribution in [0.5, 0.6) is 0 Å². The lowest BCUT2D eigenvalue weighted by Gasteiger charge is -2.13. The molecule has 0 N–H and O–H groups in total. The van der Waals surface area contributed by atoms with Crippen molar-refractivity contribution in [2.24, 2.45) is 0 Å². The molecule has 0 spiro atoms. The molecule has 0 heterocycles. The first kappa shape index (κ1) is 12.7. The summed E-state index contributed by atoms with van der Waals surface area (Å²) < 4.78 is 0. The molecule has 0 nitrogen and oxygen atoms in total. The largest absolute Gasteiger partial charge is 0.124 e. The smallest absolute Gasteiger partial charge is 0.00264 e. The van der Waals surface area contributed by atoms with Crippen LogP contribution in [0.25, 0.3) is 43.1 Å². The molecule has 0 aliphatic heterocycles. The number of rotatable bonds is 0. The van der Waals surface area contributed by atoms with Gasteiger partial charge in [0.15, 0.2) is 0 Å². The Morgan fingerprint density at radius 3 is 0.955 bits per heavy atom. The van der Waals surface area contributed by atoms with E-state index in [-0.39, 0.29) is 0 Å². The van der Waals surface area contributed by atoms with E-state index in [1.807, 2.05) is 0 Å². The lowest BCUT2D eigenvalue weighted by Crippen LogP contribution is -1.85. The van der Waals surface area contributed by atoms with Gasteiger partial charge in [-0.05, 0) is 43.1 Å². The molecule has 0 aromatic heterocycles. The first-order valence-corrected chi connectivity index (χ1v) is 7.31. The number of hydrogen-bond donors (Lipinski definition) is 0. The van der Waals surface area contributed by atoms with Crippen LogP contribution >= 0.6 is 0 Å². The zero-order chi connectivity index (χ0) is 15.1. The van der Waals surface area contributed by atoms with Crippen LogP contribution in [0.2, 0.25) is 0 Å². The molecule has 0 saturated carbocycles. The highest BCUT2D eigenvalue weighted by Gasteiger charge is 2.11. The molecule has 0 aliphatic carbocycles. The third kappa shape index (κ3) is 1.54. The van der Waals surface area contributed by atoms with Gasteiger partial charge >= 0.3 is 0 Å². The molecular weight excluding hydrogens is 264 g/mol. The minimum absolute atomic E-state index is 1.33. The van der Waals surface area contributed by atoms with E-state index in [0.29, 0.717) is 0 Å². The van der Waals surface area contributed by atoms with Crippen LogP contribution in [0, 0.1) is 12.8 Å². The van der Waals surface area contributed by atoms with E-state index in [1.54, 1.807) is 0 Å². The molecule has 0 atom stereocenters. The quantitative estimate of drug-likeness (QED) is 0.185. The maximum Gasteiger partial charge on any atom is -0.00264 e. The highest BCUT2D eigenvalue weighted by molar-refractivity contribution is 6.32. The summed E-state index contributed by atoms with van der Waals surface area (Å²) >= 11 is 0. The van der Waals surface area contributed by atoms with Crippen molar-refractivity contribution in [3.05, 3.63) is 72.8 Å². The molecule has 5 aromatic carbocycles. The van der Waals surface area contributed by atoms with Gasteiger partial charge in [0.2, 0.25) is 0 Å². The topological polar surface area (TPSA) is 0 Å². The summed E-state index contributed by atoms with van der Waals surface area (Å²) in [7, 11) is 0. The third-order valence-corrected chi connectivity index (χ3v) is 4.39. The lowest BCUT2D eigenvalue weighted by molar-refractivity contribution is 1.78. The van der Waals surface area contributed by atoms with Gasteiger partial charge in [-0.25, -0.2) is 0 Å². The van der Waals surface area contributed by atoms with Crippen molar-refractivity contribution in [1.82, 2.24) is 0 Å². The van der Waals surface area contributed by atoms with Crippen LogP contribution in [-0.4, -0.2) is 0 Å². The van der Waals surface area contributed by atoms with Crippen molar-refractivity contribution in [2.45, 2.75) is 0 Å². The molecule has 22 heavy (non-hydrogen) atoms. The maximum absolute atomic E-state index is 4.00. The Morgan fingerprint density at radius 2 is 0.682 bits per heavy atom. The van der Waals surface area contributed by atoms with Crippen LogP contribution in [0.3, 0.4) is 0 Å². The van der Waals surface area contributed by atoms with Gasteiger partial charge in [-0.2, -0.15) is 0 Å². The Hall–Kier alpha value is -3.04. The monoisotopic (exact) mass is 278 g/mol. The van der Waals surface area contributed by atoms with Gasteiger partial charge in [-0.3, -0.25) is 0 Å². The second kappa shape index (κ2) is 4.76. The molecule has 0 bridgehead atoms. The van der Waals surface area contributed by atoms with Gasteiger partial charge < -0.3 is 0 Å². The second-order valence-electron chi connectivity index (χ2n) is 5.42. The van der Waals surface area contributed by atoms with E-state index in [1.165, 1.54) is 43.1 Å². The van der Waals surface area contributed by atoms with Crippen LogP contribution in [0.15, 0.2) is 72.8 Å². The Labute approximate surface area is 129 Å². The fourth-order valence-corrected chi connectivity index (χ4v) is 3.58. The first-order valence-electron chi connectivity index (χ1n) is 7.31. The molecule has 0 amide bonds. The van der Waals surface area contributed by atoms with Gasteiger partial charge in [0.1, 0.15) is 0 Å². The SMILES string of the molecule is C#C.c1cc2cccc3c4cccc5cccc(c(c1)c23)c54. The molecule has 0 aliphatic rings. The van der Waals surface area contributed by atoms with E-state index in [0.717, 1.165) is 0 Å². The predicted octanol–water partition coefficient (Wildman–Crippen LogP) is 5.99. The molecule has 0 heteroatoms. The normalized spacial score (nSPS) is 11.0. The average molecular weight is 278 g/mol. The molecular formula is C22H14. The zero-order valence-electron chi connectivity index (χ0n) is 12.1. The van der Waals surface area contributed by atoms with E-state index in [2.05, 4.69) is 85.6 Å². The van der Waals surface area contributed by atoms with Crippen LogP contribution in [-0.2, 0) is 0 Å². The number of terminal acetylenes is 1. The number of benzene rings is 5. The van der Waals surface area contributed by atoms with Crippen LogP contribution in [0.4, 0.5) is 0 Å². The number of hydrogen-bond acceptors (Lipinski definition) is 0. The van der Waals surface area contributed by atoms with Gasteiger partial charge in [-0.1, -0.05) is 72.8 Å². The summed E-state index contributed by atoms with van der Waals surface area (Å²) in [5.74, 6) is 0. The van der Waals surface area contributed by atoms with Crippen molar-refractivity contribution >= 4 is 43.1 Å². The summed E-state index contributed by atoms with van der Waals surface area (Å²) in [6, 6.07) is 26.4. The van der Waals surface area contributed by atoms with Crippen LogP contribution in [0.1, 0.15) is 0 Å². The predicted molar refractivity (Wildman–Crippen MR) is 97.5 cm³/mol. The summed E-state index contributed by atoms with van der Waals surface area (Å²) in [5, 5.41) is 10.9. The van der Waals surface area contributed by atoms with E-state index < -0.39 is 0 Å². The Morgan fingerprint density at radius 1 is 0.409 bits per heavy atom. The summed E-state index contributed by atoms with van der Waals surface area (Å²) in [6.07, 6.45) is 8.00. The summed E-state index contributed by atoms with van der Waals surface area (Å²) in [6.45, 7) is 0. The fraction of sp³-hybridized carbons (Fsp3) is 0. The molecule has 0 unspecified atom stereocenters. The minimum Gasteiger partial charge on any atom is -0.124 e. The molecule has 5 aromatic rings. The van der Waals surface area contributed by atoms with E-state index in [9.17, 15) is 0 Å². The zero-order valence-corrected chi connectivity index (χ0v) is 12.1. The highest BCUT2D eigenvalue weighted by atomic mass is 14.1. The molecule has 0 saturated heterocycles. The summed E-state index contributed by atoms with van der Waals surface area (Å²) in [5.41, 5.74) is 0. The summed E-state index contributed by atoms with van der Waals surface area (Å²) in [4.78, 5) is 0. The average Bonchev–Trinajstić information content (AvgIpc) is 2.61. The van der Waals surface area contributed by atoms with Gasteiger partial charge in [0.25, 0.3) is 0 Å². The highest BCUT2D eigenvalue weighted by Crippen LogP contribution is 2.39. The van der Waals surface area contributed by atoms with E-state index in [4.69, 9.17) is 0 Å². The molecule has 102 valence electrons. The van der Waals surface area contributed by atoms with Crippen molar-refractivity contribution in [3.63, 3.8) is 0 Å². The van der Waals surface area contributed by atoms with Gasteiger partial charge in [0, 0.05) is 0 Å². The standard InChI is InChI=1S/C20H12.C2H2/c1-5-13-6-2-11-17-18-12-4-8-14-7-3-10-16(20(14)18)15(9-1)19(13)17;1-2/h1-12H;1-2H. The Kier molecular flexibility index (Phi) is 2.74. The third-order valence-electron chi connectivity index (χ3n) is 4.39. The molecule has 5 rings (SSSR count). The van der Waals surface area contributed by atoms with Gasteiger partial charge in [0.05, 0.1) is 0 Å². The Bertz CT molecular complexity index is 960. The van der Waals surface area contributed by atoms with Crippen molar-refractivity contribution in [2.75, 3.05) is 0 Å². The first-order chi connectivity index (χ1) is 10.9. The molecule has 0 fully saturated rings. The maximum atomic E-state index is 4.00. The fourth-order valence-electron chi connectivity index (χ4n) is 3.58. The van der Waals surface area contributed by atoms with Crippen LogP contribution < -0.4 is 0 Å². The molecule has 0 radical (unpaired) electrons. The van der Waals surface area contributed by atoms with Crippen molar-refractivity contribution < 1.29 is 0 Å².